The fourth-order valence-corrected chi connectivity index (χ4v) is 2.80. The molecular weight excluding hydrogens is 262 g/mol. The van der Waals surface area contributed by atoms with Gasteiger partial charge in [0.25, 0.3) is 0 Å². The van der Waals surface area contributed by atoms with Crippen molar-refractivity contribution in [2.45, 2.75) is 32.2 Å². The van der Waals surface area contributed by atoms with E-state index in [-0.39, 0.29) is 5.91 Å². The molecule has 1 aliphatic heterocycles. The second-order valence-corrected chi connectivity index (χ2v) is 6.10. The van der Waals surface area contributed by atoms with E-state index in [4.69, 9.17) is 0 Å². The molecule has 1 aliphatic carbocycles. The van der Waals surface area contributed by atoms with Crippen LogP contribution in [-0.4, -0.2) is 32.1 Å². The van der Waals surface area contributed by atoms with Gasteiger partial charge in [-0.05, 0) is 43.4 Å². The van der Waals surface area contributed by atoms with Gasteiger partial charge < -0.3 is 15.5 Å². The molecule has 2 N–H and O–H groups in total. The lowest BCUT2D eigenvalue weighted by molar-refractivity contribution is -0.122. The van der Waals surface area contributed by atoms with Gasteiger partial charge in [-0.15, -0.1) is 0 Å². The predicted molar refractivity (Wildman–Crippen MR) is 85.3 cm³/mol. The van der Waals surface area contributed by atoms with Gasteiger partial charge in [-0.3, -0.25) is 4.79 Å². The van der Waals surface area contributed by atoms with Crippen molar-refractivity contribution < 1.29 is 4.79 Å². The number of amides is 1. The topological polar surface area (TPSA) is 44.4 Å². The van der Waals surface area contributed by atoms with Crippen LogP contribution in [0.25, 0.3) is 0 Å². The van der Waals surface area contributed by atoms with E-state index in [9.17, 15) is 4.79 Å². The summed E-state index contributed by atoms with van der Waals surface area (Å²) >= 11 is 0. The van der Waals surface area contributed by atoms with Gasteiger partial charge >= 0.3 is 0 Å². The van der Waals surface area contributed by atoms with Crippen molar-refractivity contribution in [1.29, 1.82) is 0 Å². The molecule has 0 aromatic heterocycles. The standard InChI is InChI=1S/C17H25N3O/c21-17(15-5-6-15)19-10-9-18-13-14-3-7-16(8-4-14)20-11-1-2-12-20/h3-4,7-8,15,18H,1-2,5-6,9-13H2,(H,19,21). The fraction of sp³-hybridized carbons (Fsp3) is 0.588. The summed E-state index contributed by atoms with van der Waals surface area (Å²) in [5.74, 6) is 0.537. The van der Waals surface area contributed by atoms with Crippen LogP contribution >= 0.6 is 0 Å². The molecule has 1 aromatic carbocycles. The van der Waals surface area contributed by atoms with Crippen LogP contribution in [0.1, 0.15) is 31.2 Å². The first kappa shape index (κ1) is 14.4. The lowest BCUT2D eigenvalue weighted by atomic mass is 10.2. The Balaban J connectivity index is 1.34. The number of carbonyl (C=O) groups excluding carboxylic acids is 1. The van der Waals surface area contributed by atoms with E-state index < -0.39 is 0 Å². The molecule has 4 nitrogen and oxygen atoms in total. The van der Waals surface area contributed by atoms with Crippen LogP contribution < -0.4 is 15.5 Å². The summed E-state index contributed by atoms with van der Waals surface area (Å²) in [6, 6.07) is 8.83. The SMILES string of the molecule is O=C(NCCNCc1ccc(N2CCCC2)cc1)C1CC1. The Morgan fingerprint density at radius 2 is 1.81 bits per heavy atom. The van der Waals surface area contributed by atoms with Crippen LogP contribution in [-0.2, 0) is 11.3 Å². The minimum Gasteiger partial charge on any atom is -0.372 e. The fourth-order valence-electron chi connectivity index (χ4n) is 2.80. The molecule has 21 heavy (non-hydrogen) atoms. The van der Waals surface area contributed by atoms with Crippen LogP contribution in [0.4, 0.5) is 5.69 Å². The van der Waals surface area contributed by atoms with Gasteiger partial charge in [0.15, 0.2) is 0 Å². The van der Waals surface area contributed by atoms with Gasteiger partial charge in [0, 0.05) is 44.3 Å². The third-order valence-corrected chi connectivity index (χ3v) is 4.29. The van der Waals surface area contributed by atoms with E-state index in [1.807, 2.05) is 0 Å². The summed E-state index contributed by atoms with van der Waals surface area (Å²) < 4.78 is 0. The number of benzene rings is 1. The second-order valence-electron chi connectivity index (χ2n) is 6.10. The van der Waals surface area contributed by atoms with Gasteiger partial charge in [0.2, 0.25) is 5.91 Å². The first-order chi connectivity index (χ1) is 10.3. The zero-order chi connectivity index (χ0) is 14.5. The highest BCUT2D eigenvalue weighted by atomic mass is 16.2. The van der Waals surface area contributed by atoms with Crippen LogP contribution in [0.5, 0.6) is 0 Å². The van der Waals surface area contributed by atoms with Crippen molar-refractivity contribution in [2.24, 2.45) is 5.92 Å². The molecule has 0 bridgehead atoms. The lowest BCUT2D eigenvalue weighted by Gasteiger charge is -2.17. The molecule has 1 saturated heterocycles. The van der Waals surface area contributed by atoms with Gasteiger partial charge in [-0.1, -0.05) is 12.1 Å². The smallest absolute Gasteiger partial charge is 0.223 e. The Kier molecular flexibility index (Phi) is 4.76. The van der Waals surface area contributed by atoms with Crippen LogP contribution in [0.15, 0.2) is 24.3 Å². The monoisotopic (exact) mass is 287 g/mol. The van der Waals surface area contributed by atoms with E-state index >= 15 is 0 Å². The number of nitrogens with zero attached hydrogens (tertiary/aromatic N) is 1. The first-order valence-corrected chi connectivity index (χ1v) is 8.15. The molecule has 0 unspecified atom stereocenters. The maximum absolute atomic E-state index is 11.5. The van der Waals surface area contributed by atoms with Crippen molar-refractivity contribution in [3.8, 4) is 0 Å². The lowest BCUT2D eigenvalue weighted by Crippen LogP contribution is -2.32. The highest BCUT2D eigenvalue weighted by molar-refractivity contribution is 5.80. The Labute approximate surface area is 126 Å². The quantitative estimate of drug-likeness (QED) is 0.753. The molecule has 2 aliphatic rings. The normalized spacial score (nSPS) is 18.0. The molecule has 0 spiro atoms. The van der Waals surface area contributed by atoms with Crippen LogP contribution in [0.2, 0.25) is 0 Å². The Hall–Kier alpha value is -1.55. The maximum Gasteiger partial charge on any atom is 0.223 e. The molecule has 1 amide bonds. The van der Waals surface area contributed by atoms with E-state index in [0.29, 0.717) is 5.92 Å². The Morgan fingerprint density at radius 1 is 1.10 bits per heavy atom. The third-order valence-electron chi connectivity index (χ3n) is 4.29. The van der Waals surface area contributed by atoms with Gasteiger partial charge in [0.05, 0.1) is 0 Å². The first-order valence-electron chi connectivity index (χ1n) is 8.15. The average Bonchev–Trinajstić information content (AvgIpc) is 3.23. The predicted octanol–water partition coefficient (Wildman–Crippen LogP) is 1.90. The molecule has 1 aromatic rings. The van der Waals surface area contributed by atoms with Crippen molar-refractivity contribution in [1.82, 2.24) is 10.6 Å². The zero-order valence-electron chi connectivity index (χ0n) is 12.6. The molecule has 1 heterocycles. The van der Waals surface area contributed by atoms with Crippen molar-refractivity contribution in [3.63, 3.8) is 0 Å². The molecule has 0 radical (unpaired) electrons. The van der Waals surface area contributed by atoms with Crippen molar-refractivity contribution in [3.05, 3.63) is 29.8 Å². The van der Waals surface area contributed by atoms with E-state index in [1.165, 1.54) is 37.2 Å². The van der Waals surface area contributed by atoms with Gasteiger partial charge in [-0.25, -0.2) is 0 Å². The summed E-state index contributed by atoms with van der Waals surface area (Å²) in [5.41, 5.74) is 2.64. The average molecular weight is 287 g/mol. The number of rotatable bonds is 7. The Bertz CT molecular complexity index is 461. The second kappa shape index (κ2) is 6.94. The Morgan fingerprint density at radius 3 is 2.48 bits per heavy atom. The summed E-state index contributed by atoms with van der Waals surface area (Å²) in [7, 11) is 0. The minimum absolute atomic E-state index is 0.228. The van der Waals surface area contributed by atoms with Gasteiger partial charge in [-0.2, -0.15) is 0 Å². The number of anilines is 1. The molecule has 4 heteroatoms. The van der Waals surface area contributed by atoms with Crippen molar-refractivity contribution in [2.75, 3.05) is 31.1 Å². The molecule has 114 valence electrons. The van der Waals surface area contributed by atoms with E-state index in [2.05, 4.69) is 39.8 Å². The molecular formula is C17H25N3O. The molecule has 1 saturated carbocycles. The summed E-state index contributed by atoms with van der Waals surface area (Å²) in [5, 5.41) is 6.35. The van der Waals surface area contributed by atoms with E-state index in [1.54, 1.807) is 0 Å². The van der Waals surface area contributed by atoms with Crippen LogP contribution in [0.3, 0.4) is 0 Å². The number of nitrogens with one attached hydrogen (secondary N) is 2. The highest BCUT2D eigenvalue weighted by Gasteiger charge is 2.28. The summed E-state index contributed by atoms with van der Waals surface area (Å²) in [4.78, 5) is 13.9. The highest BCUT2D eigenvalue weighted by Crippen LogP contribution is 2.28. The zero-order valence-corrected chi connectivity index (χ0v) is 12.6. The third kappa shape index (κ3) is 4.21. The molecule has 2 fully saturated rings. The summed E-state index contributed by atoms with van der Waals surface area (Å²) in [6.45, 7) is 4.80. The van der Waals surface area contributed by atoms with E-state index in [0.717, 1.165) is 32.5 Å². The largest absolute Gasteiger partial charge is 0.372 e. The molecule has 3 rings (SSSR count). The number of hydrogen-bond donors (Lipinski definition) is 2. The molecule has 0 atom stereocenters. The number of carbonyl (C=O) groups is 1. The van der Waals surface area contributed by atoms with Gasteiger partial charge in [0.1, 0.15) is 0 Å². The number of hydrogen-bond acceptors (Lipinski definition) is 3. The maximum atomic E-state index is 11.5. The summed E-state index contributed by atoms with van der Waals surface area (Å²) in [6.07, 6.45) is 4.77. The van der Waals surface area contributed by atoms with Crippen molar-refractivity contribution >= 4 is 11.6 Å². The van der Waals surface area contributed by atoms with Crippen LogP contribution in [0, 0.1) is 5.92 Å². The minimum atomic E-state index is 0.228.